The van der Waals surface area contributed by atoms with E-state index in [1.54, 1.807) is 38.4 Å². The molecule has 1 N–H and O–H groups in total. The van der Waals surface area contributed by atoms with E-state index in [1.165, 1.54) is 5.57 Å². The minimum absolute atomic E-state index is 0.00535. The van der Waals surface area contributed by atoms with Crippen LogP contribution in [0.5, 0.6) is 0 Å². The van der Waals surface area contributed by atoms with Crippen molar-refractivity contribution in [3.8, 4) is 0 Å². The molecule has 0 bridgehead atoms. The number of ketones is 1. The summed E-state index contributed by atoms with van der Waals surface area (Å²) in [6, 6.07) is 3.53. The standard InChI is InChI=1S/C43H62N2O6/c1-26(2)35-31(46)24-43(20-23-45(9)37(48)28-14-21-44-22-15-28)19-18-41(7)30(36(35)43)10-11-33-40(6)16-13-32(27(3)29(40)12-17-42(33,41)8)51-34(47)25-39(4,5)38(49)50/h14-15,21-22,26-27,29-30,32-33H,10-13,16-20,23-25H2,1-9H3,(H,49,50)/t27?,29?,30-,32+,33?,40+,41-,42-,43-/m1/s1. The number of nitrogens with zero attached hydrogens (tertiary/aromatic N) is 2. The lowest BCUT2D eigenvalue weighted by molar-refractivity contribution is -0.216. The second kappa shape index (κ2) is 13.1. The summed E-state index contributed by atoms with van der Waals surface area (Å²) < 4.78 is 6.07. The number of esters is 1. The van der Waals surface area contributed by atoms with Gasteiger partial charge < -0.3 is 14.7 Å². The largest absolute Gasteiger partial charge is 0.481 e. The average molecular weight is 703 g/mol. The van der Waals surface area contributed by atoms with E-state index in [4.69, 9.17) is 4.74 Å². The fourth-order valence-corrected chi connectivity index (χ4v) is 12.7. The summed E-state index contributed by atoms with van der Waals surface area (Å²) in [4.78, 5) is 57.9. The highest BCUT2D eigenvalue weighted by Gasteiger charge is 2.69. The van der Waals surface area contributed by atoms with Crippen molar-refractivity contribution in [3.05, 3.63) is 41.2 Å². The van der Waals surface area contributed by atoms with Gasteiger partial charge in [0.25, 0.3) is 5.91 Å². The average Bonchev–Trinajstić information content (AvgIpc) is 3.37. The van der Waals surface area contributed by atoms with E-state index in [-0.39, 0.29) is 51.9 Å². The van der Waals surface area contributed by atoms with Crippen LogP contribution in [0.4, 0.5) is 0 Å². The van der Waals surface area contributed by atoms with Crippen LogP contribution in [-0.4, -0.2) is 58.3 Å². The monoisotopic (exact) mass is 702 g/mol. The van der Waals surface area contributed by atoms with Gasteiger partial charge in [0.15, 0.2) is 5.78 Å². The first kappa shape index (κ1) is 37.7. The zero-order valence-corrected chi connectivity index (χ0v) is 32.6. The molecule has 1 aromatic rings. The number of carboxylic acid groups (broad SMARTS) is 1. The molecule has 0 aliphatic heterocycles. The highest BCUT2D eigenvalue weighted by Crippen LogP contribution is 2.76. The molecule has 1 amide bonds. The summed E-state index contributed by atoms with van der Waals surface area (Å²) in [5.74, 6) is 0.631. The molecule has 1 heterocycles. The summed E-state index contributed by atoms with van der Waals surface area (Å²) in [6.45, 7) is 18.1. The molecule has 3 unspecified atom stereocenters. The number of hydrogen-bond donors (Lipinski definition) is 1. The molecule has 0 radical (unpaired) electrons. The van der Waals surface area contributed by atoms with Gasteiger partial charge in [-0.05, 0) is 135 Å². The van der Waals surface area contributed by atoms with Crippen LogP contribution in [0.1, 0.15) is 136 Å². The van der Waals surface area contributed by atoms with Crippen molar-refractivity contribution in [2.45, 2.75) is 132 Å². The lowest BCUT2D eigenvalue weighted by Crippen LogP contribution is -2.64. The Labute approximate surface area is 305 Å². The van der Waals surface area contributed by atoms with Crippen molar-refractivity contribution in [1.82, 2.24) is 9.88 Å². The molecule has 4 fully saturated rings. The molecule has 6 rings (SSSR count). The van der Waals surface area contributed by atoms with Crippen LogP contribution >= 0.6 is 0 Å². The van der Waals surface area contributed by atoms with E-state index in [9.17, 15) is 24.3 Å². The van der Waals surface area contributed by atoms with Crippen molar-refractivity contribution in [1.29, 1.82) is 0 Å². The molecule has 5 aliphatic rings. The molecule has 0 aromatic carbocycles. The Morgan fingerprint density at radius 1 is 1.00 bits per heavy atom. The topological polar surface area (TPSA) is 114 Å². The van der Waals surface area contributed by atoms with Crippen LogP contribution in [-0.2, 0) is 19.1 Å². The predicted octanol–water partition coefficient (Wildman–Crippen LogP) is 8.55. The first-order valence-electron chi connectivity index (χ1n) is 19.7. The summed E-state index contributed by atoms with van der Waals surface area (Å²) in [7, 11) is 1.88. The molecule has 51 heavy (non-hydrogen) atoms. The summed E-state index contributed by atoms with van der Waals surface area (Å²) in [5.41, 5.74) is 2.11. The number of allylic oxidation sites excluding steroid dienone is 2. The number of hydrogen-bond acceptors (Lipinski definition) is 6. The number of fused-ring (bicyclic) bond motifs is 7. The zero-order chi connectivity index (χ0) is 37.3. The van der Waals surface area contributed by atoms with E-state index in [2.05, 4.69) is 46.5 Å². The van der Waals surface area contributed by atoms with Gasteiger partial charge in [0.1, 0.15) is 6.10 Å². The van der Waals surface area contributed by atoms with Gasteiger partial charge in [-0.3, -0.25) is 24.2 Å². The maximum Gasteiger partial charge on any atom is 0.309 e. The second-order valence-electron chi connectivity index (χ2n) is 19.0. The van der Waals surface area contributed by atoms with E-state index < -0.39 is 17.4 Å². The van der Waals surface area contributed by atoms with E-state index in [1.807, 2.05) is 11.9 Å². The van der Waals surface area contributed by atoms with Gasteiger partial charge in [-0.2, -0.15) is 0 Å². The molecule has 280 valence electrons. The van der Waals surface area contributed by atoms with Crippen LogP contribution in [0.15, 0.2) is 35.7 Å². The third kappa shape index (κ3) is 5.99. The Bertz CT molecular complexity index is 1600. The molecule has 0 spiro atoms. The molecule has 9 atom stereocenters. The number of Topliss-reactive ketones (excluding diaryl/α,β-unsaturated/α-hetero) is 1. The van der Waals surface area contributed by atoms with Crippen molar-refractivity contribution < 1.29 is 29.0 Å². The smallest absolute Gasteiger partial charge is 0.309 e. The molecule has 8 nitrogen and oxygen atoms in total. The summed E-state index contributed by atoms with van der Waals surface area (Å²) >= 11 is 0. The Hall–Kier alpha value is -3.03. The number of carbonyl (C=O) groups excluding carboxylic acids is 3. The van der Waals surface area contributed by atoms with E-state index in [0.29, 0.717) is 42.1 Å². The predicted molar refractivity (Wildman–Crippen MR) is 197 cm³/mol. The van der Waals surface area contributed by atoms with Gasteiger partial charge in [0.2, 0.25) is 0 Å². The number of carboxylic acids is 1. The zero-order valence-electron chi connectivity index (χ0n) is 32.6. The van der Waals surface area contributed by atoms with Crippen molar-refractivity contribution in [2.24, 2.45) is 56.7 Å². The molecule has 5 aliphatic carbocycles. The molecule has 4 saturated carbocycles. The minimum Gasteiger partial charge on any atom is -0.481 e. The Balaban J connectivity index is 1.24. The molecule has 1 aromatic heterocycles. The number of rotatable bonds is 9. The second-order valence-corrected chi connectivity index (χ2v) is 19.0. The maximum atomic E-state index is 14.0. The molecular weight excluding hydrogens is 640 g/mol. The van der Waals surface area contributed by atoms with Gasteiger partial charge in [-0.25, -0.2) is 0 Å². The normalized spacial score (nSPS) is 37.6. The lowest BCUT2D eigenvalue weighted by atomic mass is 9.34. The third-order valence-corrected chi connectivity index (χ3v) is 15.8. The SMILES string of the molecule is CC(C)C1=C2[C@H]3CCC4[C@@]5(C)CC[C@H](OC(=O)CC(C)(C)C(=O)O)C(C)C5CC[C@@]4(C)[C@]3(C)CC[C@@]2(CCN(C)C(=O)c2ccncc2)CC1=O. The molecule has 8 heteroatoms. The van der Waals surface area contributed by atoms with Crippen LogP contribution in [0, 0.1) is 56.7 Å². The van der Waals surface area contributed by atoms with Crippen LogP contribution in [0.3, 0.4) is 0 Å². The minimum atomic E-state index is -1.15. The van der Waals surface area contributed by atoms with Gasteiger partial charge in [0.05, 0.1) is 11.8 Å². The van der Waals surface area contributed by atoms with Gasteiger partial charge >= 0.3 is 11.9 Å². The van der Waals surface area contributed by atoms with E-state index in [0.717, 1.165) is 63.4 Å². The van der Waals surface area contributed by atoms with Gasteiger partial charge in [-0.15, -0.1) is 0 Å². The van der Waals surface area contributed by atoms with Crippen LogP contribution in [0.2, 0.25) is 0 Å². The van der Waals surface area contributed by atoms with Crippen molar-refractivity contribution in [3.63, 3.8) is 0 Å². The maximum absolute atomic E-state index is 14.0. The lowest BCUT2D eigenvalue weighted by Gasteiger charge is -2.71. The molecular formula is C43H62N2O6. The van der Waals surface area contributed by atoms with Gasteiger partial charge in [0, 0.05) is 43.4 Å². The first-order valence-corrected chi connectivity index (χ1v) is 19.7. The number of carbonyl (C=O) groups is 4. The highest BCUT2D eigenvalue weighted by molar-refractivity contribution is 6.00. The number of pyridine rings is 1. The Kier molecular flexibility index (Phi) is 9.71. The number of ether oxygens (including phenoxy) is 1. The summed E-state index contributed by atoms with van der Waals surface area (Å²) in [6.07, 6.45) is 12.7. The third-order valence-electron chi connectivity index (χ3n) is 15.8. The van der Waals surface area contributed by atoms with Crippen molar-refractivity contribution in [2.75, 3.05) is 13.6 Å². The van der Waals surface area contributed by atoms with E-state index >= 15 is 0 Å². The fraction of sp³-hybridized carbons (Fsp3) is 0.744. The van der Waals surface area contributed by atoms with Crippen LogP contribution < -0.4 is 0 Å². The highest BCUT2D eigenvalue weighted by atomic mass is 16.5. The number of amides is 1. The van der Waals surface area contributed by atoms with Crippen LogP contribution in [0.25, 0.3) is 0 Å². The Morgan fingerprint density at radius 3 is 2.33 bits per heavy atom. The number of aromatic nitrogens is 1. The Morgan fingerprint density at radius 2 is 1.69 bits per heavy atom. The quantitative estimate of drug-likeness (QED) is 0.257. The first-order chi connectivity index (χ1) is 23.8. The number of aliphatic carboxylic acids is 1. The molecule has 0 saturated heterocycles. The summed E-state index contributed by atoms with van der Waals surface area (Å²) in [5, 5.41) is 9.56. The van der Waals surface area contributed by atoms with Crippen molar-refractivity contribution >= 4 is 23.6 Å². The fourth-order valence-electron chi connectivity index (χ4n) is 12.7. The van der Waals surface area contributed by atoms with Gasteiger partial charge in [-0.1, -0.05) is 47.1 Å².